The first-order chi connectivity index (χ1) is 9.62. The van der Waals surface area contributed by atoms with Crippen molar-refractivity contribution in [1.29, 1.82) is 0 Å². The average Bonchev–Trinajstić information content (AvgIpc) is 2.46. The van der Waals surface area contributed by atoms with Gasteiger partial charge in [0.25, 0.3) is 0 Å². The van der Waals surface area contributed by atoms with Crippen molar-refractivity contribution < 1.29 is 4.74 Å². The second-order valence-corrected chi connectivity index (χ2v) is 5.39. The van der Waals surface area contributed by atoms with Crippen LogP contribution in [0.1, 0.15) is 25.8 Å². The van der Waals surface area contributed by atoms with Gasteiger partial charge < -0.3 is 15.4 Å². The van der Waals surface area contributed by atoms with E-state index in [1.165, 1.54) is 5.56 Å². The third-order valence-electron chi connectivity index (χ3n) is 3.21. The SMILES string of the molecule is CCN(CC)C(N)=NCCCc1ccc(Br)cc1OC. The maximum Gasteiger partial charge on any atom is 0.191 e. The number of ether oxygens (including phenoxy) is 1. The minimum Gasteiger partial charge on any atom is -0.496 e. The molecule has 1 rings (SSSR count). The zero-order chi connectivity index (χ0) is 15.0. The Hall–Kier alpha value is -1.23. The van der Waals surface area contributed by atoms with Crippen molar-refractivity contribution in [2.45, 2.75) is 26.7 Å². The van der Waals surface area contributed by atoms with Crippen LogP contribution in [0.2, 0.25) is 0 Å². The van der Waals surface area contributed by atoms with Crippen molar-refractivity contribution in [2.75, 3.05) is 26.7 Å². The number of methoxy groups -OCH3 is 1. The zero-order valence-corrected chi connectivity index (χ0v) is 14.1. The molecule has 0 spiro atoms. The summed E-state index contributed by atoms with van der Waals surface area (Å²) in [6.45, 7) is 6.69. The number of hydrogen-bond donors (Lipinski definition) is 1. The molecule has 0 unspecified atom stereocenters. The topological polar surface area (TPSA) is 50.8 Å². The highest BCUT2D eigenvalue weighted by molar-refractivity contribution is 9.10. The lowest BCUT2D eigenvalue weighted by Crippen LogP contribution is -2.37. The standard InChI is InChI=1S/C15H24BrN3O/c1-4-19(5-2)15(17)18-10-6-7-12-8-9-13(16)11-14(12)20-3/h8-9,11H,4-7,10H2,1-3H3,(H2,17,18). The van der Waals surface area contributed by atoms with Crippen LogP contribution in [0.3, 0.4) is 0 Å². The van der Waals surface area contributed by atoms with Gasteiger partial charge in [0.05, 0.1) is 7.11 Å². The maximum atomic E-state index is 5.94. The Labute approximate surface area is 130 Å². The molecule has 20 heavy (non-hydrogen) atoms. The smallest absolute Gasteiger partial charge is 0.191 e. The summed E-state index contributed by atoms with van der Waals surface area (Å²) in [6, 6.07) is 6.11. The van der Waals surface area contributed by atoms with Crippen LogP contribution in [0.25, 0.3) is 0 Å². The summed E-state index contributed by atoms with van der Waals surface area (Å²) in [6.07, 6.45) is 1.89. The predicted molar refractivity (Wildman–Crippen MR) is 88.4 cm³/mol. The summed E-state index contributed by atoms with van der Waals surface area (Å²) in [5.74, 6) is 1.55. The molecule has 0 aromatic heterocycles. The Morgan fingerprint density at radius 1 is 1.35 bits per heavy atom. The number of aryl methyl sites for hydroxylation is 1. The Bertz CT molecular complexity index is 445. The molecule has 0 bridgehead atoms. The first-order valence-corrected chi connectivity index (χ1v) is 7.78. The highest BCUT2D eigenvalue weighted by Crippen LogP contribution is 2.24. The van der Waals surface area contributed by atoms with Gasteiger partial charge in [0.15, 0.2) is 5.96 Å². The van der Waals surface area contributed by atoms with E-state index < -0.39 is 0 Å². The lowest BCUT2D eigenvalue weighted by molar-refractivity contribution is 0.409. The molecule has 0 heterocycles. The maximum absolute atomic E-state index is 5.94. The minimum atomic E-state index is 0.637. The van der Waals surface area contributed by atoms with Gasteiger partial charge in [-0.25, -0.2) is 0 Å². The molecule has 0 aliphatic rings. The highest BCUT2D eigenvalue weighted by Gasteiger charge is 2.04. The van der Waals surface area contributed by atoms with Crippen LogP contribution in [0.4, 0.5) is 0 Å². The molecule has 0 aliphatic heterocycles. The Kier molecular flexibility index (Phi) is 7.44. The van der Waals surface area contributed by atoms with Crippen molar-refractivity contribution in [2.24, 2.45) is 10.7 Å². The number of guanidine groups is 1. The van der Waals surface area contributed by atoms with E-state index in [4.69, 9.17) is 10.5 Å². The first-order valence-electron chi connectivity index (χ1n) is 6.99. The summed E-state index contributed by atoms with van der Waals surface area (Å²) < 4.78 is 6.41. The van der Waals surface area contributed by atoms with Crippen LogP contribution in [-0.2, 0) is 6.42 Å². The predicted octanol–water partition coefficient (Wildman–Crippen LogP) is 3.05. The molecule has 0 fully saturated rings. The van der Waals surface area contributed by atoms with Gasteiger partial charge in [0, 0.05) is 24.1 Å². The second-order valence-electron chi connectivity index (χ2n) is 4.47. The number of rotatable bonds is 7. The summed E-state index contributed by atoms with van der Waals surface area (Å²) >= 11 is 3.45. The summed E-state index contributed by atoms with van der Waals surface area (Å²) in [4.78, 5) is 6.48. The normalized spacial score (nSPS) is 11.5. The van der Waals surface area contributed by atoms with E-state index in [1.54, 1.807) is 7.11 Å². The molecule has 4 nitrogen and oxygen atoms in total. The Balaban J connectivity index is 2.51. The van der Waals surface area contributed by atoms with Crippen molar-refractivity contribution in [3.05, 3.63) is 28.2 Å². The third-order valence-corrected chi connectivity index (χ3v) is 3.71. The number of hydrogen-bond acceptors (Lipinski definition) is 2. The fraction of sp³-hybridized carbons (Fsp3) is 0.533. The van der Waals surface area contributed by atoms with Gasteiger partial charge in [-0.2, -0.15) is 0 Å². The zero-order valence-electron chi connectivity index (χ0n) is 12.5. The number of benzene rings is 1. The van der Waals surface area contributed by atoms with Gasteiger partial charge in [-0.05, 0) is 44.4 Å². The lowest BCUT2D eigenvalue weighted by atomic mass is 10.1. The molecule has 0 amide bonds. The van der Waals surface area contributed by atoms with Gasteiger partial charge in [-0.1, -0.05) is 22.0 Å². The molecular weight excluding hydrogens is 318 g/mol. The van der Waals surface area contributed by atoms with E-state index >= 15 is 0 Å². The molecule has 0 atom stereocenters. The van der Waals surface area contributed by atoms with Gasteiger partial charge in [-0.15, -0.1) is 0 Å². The molecule has 0 saturated heterocycles. The van der Waals surface area contributed by atoms with Crippen molar-refractivity contribution >= 4 is 21.9 Å². The molecule has 0 saturated carbocycles. The summed E-state index contributed by atoms with van der Waals surface area (Å²) in [7, 11) is 1.70. The summed E-state index contributed by atoms with van der Waals surface area (Å²) in [5.41, 5.74) is 7.14. The molecule has 1 aromatic rings. The van der Waals surface area contributed by atoms with Crippen LogP contribution in [-0.4, -0.2) is 37.6 Å². The van der Waals surface area contributed by atoms with Gasteiger partial charge >= 0.3 is 0 Å². The van der Waals surface area contributed by atoms with E-state index in [0.717, 1.165) is 42.7 Å². The second kappa shape index (κ2) is 8.84. The van der Waals surface area contributed by atoms with Gasteiger partial charge in [0.1, 0.15) is 5.75 Å². The van der Waals surface area contributed by atoms with Crippen molar-refractivity contribution in [3.8, 4) is 5.75 Å². The van der Waals surface area contributed by atoms with Crippen molar-refractivity contribution in [3.63, 3.8) is 0 Å². The quantitative estimate of drug-likeness (QED) is 0.471. The van der Waals surface area contributed by atoms with Crippen LogP contribution < -0.4 is 10.5 Å². The van der Waals surface area contributed by atoms with Crippen LogP contribution in [0.15, 0.2) is 27.7 Å². The van der Waals surface area contributed by atoms with Gasteiger partial charge in [0.2, 0.25) is 0 Å². The molecule has 0 aliphatic carbocycles. The molecule has 0 radical (unpaired) electrons. The average molecular weight is 342 g/mol. The Morgan fingerprint density at radius 2 is 2.05 bits per heavy atom. The number of nitrogens with two attached hydrogens (primary N) is 1. The largest absolute Gasteiger partial charge is 0.496 e. The minimum absolute atomic E-state index is 0.637. The fourth-order valence-corrected chi connectivity index (χ4v) is 2.38. The van der Waals surface area contributed by atoms with Crippen LogP contribution in [0, 0.1) is 0 Å². The molecular formula is C15H24BrN3O. The van der Waals surface area contributed by atoms with E-state index in [2.05, 4.69) is 45.7 Å². The van der Waals surface area contributed by atoms with E-state index in [1.807, 2.05) is 12.1 Å². The monoisotopic (exact) mass is 341 g/mol. The molecule has 5 heteroatoms. The number of aliphatic imine (C=N–C) groups is 1. The molecule has 1 aromatic carbocycles. The van der Waals surface area contributed by atoms with E-state index in [0.29, 0.717) is 5.96 Å². The van der Waals surface area contributed by atoms with E-state index in [9.17, 15) is 0 Å². The van der Waals surface area contributed by atoms with Crippen LogP contribution >= 0.6 is 15.9 Å². The summed E-state index contributed by atoms with van der Waals surface area (Å²) in [5, 5.41) is 0. The number of nitrogens with zero attached hydrogens (tertiary/aromatic N) is 2. The lowest BCUT2D eigenvalue weighted by Gasteiger charge is -2.19. The first kappa shape index (κ1) is 16.8. The van der Waals surface area contributed by atoms with Gasteiger partial charge in [-0.3, -0.25) is 4.99 Å². The van der Waals surface area contributed by atoms with Crippen LogP contribution in [0.5, 0.6) is 5.75 Å². The molecule has 2 N–H and O–H groups in total. The molecule has 112 valence electrons. The third kappa shape index (κ3) is 5.04. The van der Waals surface area contributed by atoms with Crippen molar-refractivity contribution in [1.82, 2.24) is 4.90 Å². The number of halogens is 1. The highest BCUT2D eigenvalue weighted by atomic mass is 79.9. The Morgan fingerprint density at radius 3 is 2.65 bits per heavy atom. The fourth-order valence-electron chi connectivity index (χ4n) is 2.04. The van der Waals surface area contributed by atoms with E-state index in [-0.39, 0.29) is 0 Å².